The molecule has 0 heterocycles. The van der Waals surface area contributed by atoms with E-state index in [1.807, 2.05) is 0 Å². The van der Waals surface area contributed by atoms with Crippen LogP contribution in [0.2, 0.25) is 0 Å². The molecule has 0 bridgehead atoms. The Morgan fingerprint density at radius 3 is 1.52 bits per heavy atom. The van der Waals surface area contributed by atoms with Crippen molar-refractivity contribution in [1.29, 1.82) is 0 Å². The number of non-ortho nitro benzene ring substituents is 1. The first kappa shape index (κ1) is 27.0. The van der Waals surface area contributed by atoms with Gasteiger partial charge in [-0.05, 0) is 6.07 Å². The molecule has 0 unspecified atom stereocenters. The molecule has 0 saturated carbocycles. The van der Waals surface area contributed by atoms with E-state index in [1.165, 1.54) is 18.2 Å². The van der Waals surface area contributed by atoms with Crippen molar-refractivity contribution in [2.75, 3.05) is 93.5 Å². The Labute approximate surface area is 182 Å². The second-order valence-corrected chi connectivity index (χ2v) is 6.02. The Hall–Kier alpha value is -2.02. The van der Waals surface area contributed by atoms with Gasteiger partial charge in [0.1, 0.15) is 13.2 Å². The number of ether oxygens (including phenoxy) is 8. The molecule has 0 saturated heterocycles. The average Bonchev–Trinajstić information content (AvgIpc) is 2.77. The maximum absolute atomic E-state index is 11.0. The Bertz CT molecular complexity index is 587. The summed E-state index contributed by atoms with van der Waals surface area (Å²) in [5, 5.41) is 11.0. The third kappa shape index (κ3) is 13.8. The van der Waals surface area contributed by atoms with Gasteiger partial charge in [-0.1, -0.05) is 0 Å². The van der Waals surface area contributed by atoms with E-state index in [0.717, 1.165) is 0 Å². The van der Waals surface area contributed by atoms with Gasteiger partial charge < -0.3 is 37.9 Å². The van der Waals surface area contributed by atoms with Crippen molar-refractivity contribution < 1.29 is 42.8 Å². The standard InChI is InChI=1S/C20H33NO10/c1-24-5-7-26-9-11-28-13-15-30-19-4-3-18(21(22)23)17-20(19)31-16-14-29-12-10-27-8-6-25-2/h3-4,17H,5-16H2,1-2H3. The zero-order valence-corrected chi connectivity index (χ0v) is 18.2. The van der Waals surface area contributed by atoms with Gasteiger partial charge in [-0.15, -0.1) is 0 Å². The van der Waals surface area contributed by atoms with Crippen molar-refractivity contribution in [2.24, 2.45) is 0 Å². The fourth-order valence-corrected chi connectivity index (χ4v) is 2.19. The minimum absolute atomic E-state index is 0.0840. The molecule has 0 aliphatic rings. The van der Waals surface area contributed by atoms with E-state index in [2.05, 4.69) is 0 Å². The van der Waals surface area contributed by atoms with E-state index in [4.69, 9.17) is 37.9 Å². The lowest BCUT2D eigenvalue weighted by Crippen LogP contribution is -2.14. The van der Waals surface area contributed by atoms with E-state index in [-0.39, 0.29) is 24.7 Å². The van der Waals surface area contributed by atoms with Crippen LogP contribution in [0.15, 0.2) is 18.2 Å². The summed E-state index contributed by atoms with van der Waals surface area (Å²) in [5.74, 6) is 0.672. The second kappa shape index (κ2) is 18.7. The highest BCUT2D eigenvalue weighted by Gasteiger charge is 2.13. The summed E-state index contributed by atoms with van der Waals surface area (Å²) in [4.78, 5) is 10.5. The molecule has 0 spiro atoms. The average molecular weight is 447 g/mol. The number of hydrogen-bond acceptors (Lipinski definition) is 10. The number of nitro groups is 1. The summed E-state index contributed by atoms with van der Waals surface area (Å²) in [5.41, 5.74) is -0.0840. The van der Waals surface area contributed by atoms with E-state index >= 15 is 0 Å². The Morgan fingerprint density at radius 2 is 1.06 bits per heavy atom. The van der Waals surface area contributed by atoms with E-state index in [1.54, 1.807) is 14.2 Å². The van der Waals surface area contributed by atoms with Crippen LogP contribution >= 0.6 is 0 Å². The smallest absolute Gasteiger partial charge is 0.273 e. The highest BCUT2D eigenvalue weighted by Crippen LogP contribution is 2.31. The molecule has 0 atom stereocenters. The number of methoxy groups -OCH3 is 2. The molecule has 1 aromatic rings. The summed E-state index contributed by atoms with van der Waals surface area (Å²) in [7, 11) is 3.22. The van der Waals surface area contributed by atoms with Gasteiger partial charge in [-0.2, -0.15) is 0 Å². The van der Waals surface area contributed by atoms with Crippen molar-refractivity contribution in [3.05, 3.63) is 28.3 Å². The summed E-state index contributed by atoms with van der Waals surface area (Å²) in [6.07, 6.45) is 0. The quantitative estimate of drug-likeness (QED) is 0.157. The minimum Gasteiger partial charge on any atom is -0.487 e. The third-order valence-corrected chi connectivity index (χ3v) is 3.72. The molecular weight excluding hydrogens is 414 g/mol. The van der Waals surface area contributed by atoms with Gasteiger partial charge in [0.25, 0.3) is 5.69 Å². The van der Waals surface area contributed by atoms with Crippen LogP contribution in [0.4, 0.5) is 5.69 Å². The van der Waals surface area contributed by atoms with E-state index in [0.29, 0.717) is 71.8 Å². The summed E-state index contributed by atoms with van der Waals surface area (Å²) < 4.78 is 42.4. The second-order valence-electron chi connectivity index (χ2n) is 6.02. The number of benzene rings is 1. The molecule has 1 aromatic carbocycles. The van der Waals surface area contributed by atoms with Gasteiger partial charge in [0.2, 0.25) is 0 Å². The molecule has 0 N–H and O–H groups in total. The van der Waals surface area contributed by atoms with Gasteiger partial charge in [0.05, 0.1) is 77.1 Å². The predicted molar refractivity (Wildman–Crippen MR) is 111 cm³/mol. The van der Waals surface area contributed by atoms with Gasteiger partial charge >= 0.3 is 0 Å². The lowest BCUT2D eigenvalue weighted by Gasteiger charge is -2.13. The summed E-state index contributed by atoms with van der Waals surface area (Å²) in [6, 6.07) is 4.19. The molecule has 31 heavy (non-hydrogen) atoms. The van der Waals surface area contributed by atoms with Crippen LogP contribution in [-0.2, 0) is 28.4 Å². The molecule has 0 fully saturated rings. The SMILES string of the molecule is COCCOCCOCCOc1ccc([N+](=O)[O-])cc1OCCOCCOCCOC. The molecule has 0 radical (unpaired) electrons. The Kier molecular flexibility index (Phi) is 16.3. The van der Waals surface area contributed by atoms with Gasteiger partial charge in [-0.25, -0.2) is 0 Å². The first-order valence-corrected chi connectivity index (χ1v) is 10.0. The van der Waals surface area contributed by atoms with Crippen LogP contribution in [0.3, 0.4) is 0 Å². The maximum atomic E-state index is 11.0. The van der Waals surface area contributed by atoms with Crippen molar-refractivity contribution in [3.8, 4) is 11.5 Å². The van der Waals surface area contributed by atoms with Crippen molar-refractivity contribution >= 4 is 5.69 Å². The first-order valence-electron chi connectivity index (χ1n) is 10.0. The molecule has 11 nitrogen and oxygen atoms in total. The third-order valence-electron chi connectivity index (χ3n) is 3.72. The lowest BCUT2D eigenvalue weighted by molar-refractivity contribution is -0.385. The van der Waals surface area contributed by atoms with Gasteiger partial charge in [0, 0.05) is 20.3 Å². The molecule has 0 aliphatic heterocycles. The van der Waals surface area contributed by atoms with Crippen LogP contribution in [0, 0.1) is 10.1 Å². The molecule has 1 rings (SSSR count). The van der Waals surface area contributed by atoms with Crippen LogP contribution in [-0.4, -0.2) is 98.4 Å². The number of hydrogen-bond donors (Lipinski definition) is 0. The Morgan fingerprint density at radius 1 is 0.645 bits per heavy atom. The van der Waals surface area contributed by atoms with Crippen LogP contribution in [0.1, 0.15) is 0 Å². The lowest BCUT2D eigenvalue weighted by atomic mass is 10.3. The molecule has 178 valence electrons. The largest absolute Gasteiger partial charge is 0.487 e. The molecule has 0 aromatic heterocycles. The Balaban J connectivity index is 2.30. The van der Waals surface area contributed by atoms with Crippen molar-refractivity contribution in [3.63, 3.8) is 0 Å². The predicted octanol–water partition coefficient (Wildman–Crippen LogP) is 1.71. The van der Waals surface area contributed by atoms with E-state index < -0.39 is 4.92 Å². The zero-order valence-electron chi connectivity index (χ0n) is 18.2. The van der Waals surface area contributed by atoms with Gasteiger partial charge in [0.15, 0.2) is 11.5 Å². The minimum atomic E-state index is -0.489. The fourth-order valence-electron chi connectivity index (χ4n) is 2.19. The number of nitro benzene ring substituents is 1. The highest BCUT2D eigenvalue weighted by molar-refractivity contribution is 5.48. The van der Waals surface area contributed by atoms with Crippen molar-refractivity contribution in [1.82, 2.24) is 0 Å². The monoisotopic (exact) mass is 447 g/mol. The summed E-state index contributed by atoms with van der Waals surface area (Å²) >= 11 is 0. The zero-order chi connectivity index (χ0) is 22.6. The number of nitrogens with zero attached hydrogens (tertiary/aromatic N) is 1. The highest BCUT2D eigenvalue weighted by atomic mass is 16.6. The van der Waals surface area contributed by atoms with Crippen LogP contribution in [0.5, 0.6) is 11.5 Å². The number of rotatable bonds is 21. The van der Waals surface area contributed by atoms with Crippen molar-refractivity contribution in [2.45, 2.75) is 0 Å². The molecular formula is C20H33NO10. The maximum Gasteiger partial charge on any atom is 0.273 e. The van der Waals surface area contributed by atoms with Crippen LogP contribution < -0.4 is 9.47 Å². The molecule has 11 heteroatoms. The first-order chi connectivity index (χ1) is 15.2. The van der Waals surface area contributed by atoms with E-state index in [9.17, 15) is 10.1 Å². The van der Waals surface area contributed by atoms with Crippen LogP contribution in [0.25, 0.3) is 0 Å². The topological polar surface area (TPSA) is 117 Å². The van der Waals surface area contributed by atoms with Gasteiger partial charge in [-0.3, -0.25) is 10.1 Å². The molecule has 0 aliphatic carbocycles. The molecule has 0 amide bonds. The normalized spacial score (nSPS) is 10.9. The summed E-state index contributed by atoms with van der Waals surface area (Å²) in [6.45, 7) is 5.00. The fraction of sp³-hybridized carbons (Fsp3) is 0.700.